The highest BCUT2D eigenvalue weighted by Gasteiger charge is 2.27. The van der Waals surface area contributed by atoms with Gasteiger partial charge in [0.15, 0.2) is 5.82 Å². The molecule has 0 aromatic carbocycles. The zero-order valence-corrected chi connectivity index (χ0v) is 6.90. The molecule has 0 radical (unpaired) electrons. The zero-order valence-electron chi connectivity index (χ0n) is 6.90. The maximum atomic E-state index is 5.14. The molecule has 1 aromatic rings. The standard InChI is InChI=1S/C9H11N3/c1-2-3-6-12-7-10-9(11-12)8-4-5-8/h1,7-8H,3-6H2. The lowest BCUT2D eigenvalue weighted by atomic mass is 10.4. The van der Waals surface area contributed by atoms with Crippen LogP contribution in [0.2, 0.25) is 0 Å². The van der Waals surface area contributed by atoms with Crippen molar-refractivity contribution >= 4 is 0 Å². The van der Waals surface area contributed by atoms with E-state index in [9.17, 15) is 0 Å². The molecule has 3 nitrogen and oxygen atoms in total. The summed E-state index contributed by atoms with van der Waals surface area (Å²) >= 11 is 0. The molecule has 0 N–H and O–H groups in total. The van der Waals surface area contributed by atoms with Crippen molar-refractivity contribution in [1.82, 2.24) is 14.8 Å². The first-order valence-electron chi connectivity index (χ1n) is 4.23. The second-order valence-electron chi connectivity index (χ2n) is 3.09. The Kier molecular flexibility index (Phi) is 1.83. The molecule has 0 atom stereocenters. The Morgan fingerprint density at radius 2 is 2.50 bits per heavy atom. The highest BCUT2D eigenvalue weighted by atomic mass is 15.3. The number of hydrogen-bond donors (Lipinski definition) is 0. The summed E-state index contributed by atoms with van der Waals surface area (Å²) in [5.41, 5.74) is 0. The molecule has 1 saturated carbocycles. The summed E-state index contributed by atoms with van der Waals surface area (Å²) in [6.45, 7) is 0.788. The molecule has 1 fully saturated rings. The van der Waals surface area contributed by atoms with Crippen LogP contribution in [0.5, 0.6) is 0 Å². The van der Waals surface area contributed by atoms with Gasteiger partial charge in [0.1, 0.15) is 6.33 Å². The molecule has 0 unspecified atom stereocenters. The van der Waals surface area contributed by atoms with Gasteiger partial charge in [-0.1, -0.05) is 0 Å². The largest absolute Gasteiger partial charge is 0.252 e. The number of hydrogen-bond acceptors (Lipinski definition) is 2. The highest BCUT2D eigenvalue weighted by Crippen LogP contribution is 2.37. The second kappa shape index (κ2) is 2.98. The highest BCUT2D eigenvalue weighted by molar-refractivity contribution is 5.02. The van der Waals surface area contributed by atoms with Gasteiger partial charge in [0.05, 0.1) is 6.54 Å². The van der Waals surface area contributed by atoms with Crippen LogP contribution in [0.3, 0.4) is 0 Å². The molecule has 3 heteroatoms. The fourth-order valence-corrected chi connectivity index (χ4v) is 1.12. The van der Waals surface area contributed by atoms with E-state index in [1.807, 2.05) is 4.68 Å². The van der Waals surface area contributed by atoms with Gasteiger partial charge in [-0.2, -0.15) is 5.10 Å². The van der Waals surface area contributed by atoms with Crippen LogP contribution in [-0.2, 0) is 6.54 Å². The van der Waals surface area contributed by atoms with Crippen molar-refractivity contribution in [1.29, 1.82) is 0 Å². The fraction of sp³-hybridized carbons (Fsp3) is 0.556. The summed E-state index contributed by atoms with van der Waals surface area (Å²) < 4.78 is 1.83. The predicted molar refractivity (Wildman–Crippen MR) is 45.4 cm³/mol. The van der Waals surface area contributed by atoms with E-state index in [0.717, 1.165) is 18.8 Å². The average Bonchev–Trinajstić information content (AvgIpc) is 2.83. The number of nitrogens with zero attached hydrogens (tertiary/aromatic N) is 3. The first-order chi connectivity index (χ1) is 5.90. The number of aryl methyl sites for hydroxylation is 1. The van der Waals surface area contributed by atoms with Gasteiger partial charge < -0.3 is 0 Å². The van der Waals surface area contributed by atoms with E-state index in [-0.39, 0.29) is 0 Å². The Labute approximate surface area is 71.8 Å². The van der Waals surface area contributed by atoms with Gasteiger partial charge in [-0.3, -0.25) is 4.68 Å². The normalized spacial score (nSPS) is 15.9. The minimum absolute atomic E-state index is 0.636. The maximum absolute atomic E-state index is 5.14. The Morgan fingerprint density at radius 3 is 3.17 bits per heavy atom. The van der Waals surface area contributed by atoms with Crippen LogP contribution in [0.25, 0.3) is 0 Å². The number of rotatable bonds is 3. The Morgan fingerprint density at radius 1 is 1.67 bits per heavy atom. The van der Waals surface area contributed by atoms with Gasteiger partial charge in [-0.25, -0.2) is 4.98 Å². The van der Waals surface area contributed by atoms with E-state index in [1.54, 1.807) is 6.33 Å². The van der Waals surface area contributed by atoms with Crippen molar-refractivity contribution in [3.63, 3.8) is 0 Å². The monoisotopic (exact) mass is 161 g/mol. The van der Waals surface area contributed by atoms with E-state index in [4.69, 9.17) is 6.42 Å². The van der Waals surface area contributed by atoms with Crippen molar-refractivity contribution in [3.8, 4) is 12.3 Å². The van der Waals surface area contributed by atoms with Gasteiger partial charge in [-0.15, -0.1) is 12.3 Å². The van der Waals surface area contributed by atoms with Crippen LogP contribution < -0.4 is 0 Å². The quantitative estimate of drug-likeness (QED) is 0.623. The first kappa shape index (κ1) is 7.35. The molecule has 0 bridgehead atoms. The molecule has 0 spiro atoms. The molecular weight excluding hydrogens is 150 g/mol. The van der Waals surface area contributed by atoms with Crippen molar-refractivity contribution < 1.29 is 0 Å². The Balaban J connectivity index is 1.99. The Bertz CT molecular complexity index is 304. The molecule has 0 aliphatic heterocycles. The summed E-state index contributed by atoms with van der Waals surface area (Å²) in [5, 5.41) is 4.32. The van der Waals surface area contributed by atoms with E-state index < -0.39 is 0 Å². The maximum Gasteiger partial charge on any atom is 0.153 e. The van der Waals surface area contributed by atoms with Gasteiger partial charge >= 0.3 is 0 Å². The summed E-state index contributed by atoms with van der Waals surface area (Å²) in [7, 11) is 0. The van der Waals surface area contributed by atoms with Crippen molar-refractivity contribution in [2.75, 3.05) is 0 Å². The third-order valence-corrected chi connectivity index (χ3v) is 1.98. The molecular formula is C9H11N3. The summed E-state index contributed by atoms with van der Waals surface area (Å²) in [6, 6.07) is 0. The van der Waals surface area contributed by atoms with Crippen LogP contribution in [-0.4, -0.2) is 14.8 Å². The van der Waals surface area contributed by atoms with Crippen molar-refractivity contribution in [2.24, 2.45) is 0 Å². The zero-order chi connectivity index (χ0) is 8.39. The third-order valence-electron chi connectivity index (χ3n) is 1.98. The van der Waals surface area contributed by atoms with E-state index in [0.29, 0.717) is 5.92 Å². The molecule has 1 heterocycles. The lowest BCUT2D eigenvalue weighted by Gasteiger charge is -1.92. The van der Waals surface area contributed by atoms with Crippen LogP contribution in [0, 0.1) is 12.3 Å². The van der Waals surface area contributed by atoms with Crippen LogP contribution in [0.15, 0.2) is 6.33 Å². The van der Waals surface area contributed by atoms with Gasteiger partial charge in [0.25, 0.3) is 0 Å². The molecule has 62 valence electrons. The van der Waals surface area contributed by atoms with Crippen LogP contribution in [0.1, 0.15) is 31.0 Å². The second-order valence-corrected chi connectivity index (χ2v) is 3.09. The van der Waals surface area contributed by atoms with E-state index in [2.05, 4.69) is 16.0 Å². The number of aromatic nitrogens is 3. The van der Waals surface area contributed by atoms with E-state index in [1.165, 1.54) is 12.8 Å². The smallest absolute Gasteiger partial charge is 0.153 e. The lowest BCUT2D eigenvalue weighted by molar-refractivity contribution is 0.619. The third kappa shape index (κ3) is 1.48. The van der Waals surface area contributed by atoms with E-state index >= 15 is 0 Å². The predicted octanol–water partition coefficient (Wildman–Crippen LogP) is 1.18. The molecule has 0 amide bonds. The lowest BCUT2D eigenvalue weighted by Crippen LogP contribution is -1.98. The van der Waals surface area contributed by atoms with Crippen LogP contribution in [0.4, 0.5) is 0 Å². The SMILES string of the molecule is C#CCCn1cnc(C2CC2)n1. The molecule has 0 saturated heterocycles. The fourth-order valence-electron chi connectivity index (χ4n) is 1.12. The Hall–Kier alpha value is -1.30. The number of terminal acetylenes is 1. The first-order valence-corrected chi connectivity index (χ1v) is 4.23. The molecule has 2 rings (SSSR count). The topological polar surface area (TPSA) is 30.7 Å². The summed E-state index contributed by atoms with van der Waals surface area (Å²) in [5.74, 6) is 4.21. The van der Waals surface area contributed by atoms with Gasteiger partial charge in [-0.05, 0) is 12.8 Å². The van der Waals surface area contributed by atoms with Gasteiger partial charge in [0, 0.05) is 12.3 Å². The molecule has 1 aliphatic rings. The van der Waals surface area contributed by atoms with Crippen molar-refractivity contribution in [3.05, 3.63) is 12.2 Å². The van der Waals surface area contributed by atoms with Gasteiger partial charge in [0.2, 0.25) is 0 Å². The molecule has 1 aliphatic carbocycles. The average molecular weight is 161 g/mol. The van der Waals surface area contributed by atoms with Crippen molar-refractivity contribution in [2.45, 2.75) is 31.7 Å². The summed E-state index contributed by atoms with van der Waals surface area (Å²) in [4.78, 5) is 4.21. The molecule has 1 aromatic heterocycles. The minimum Gasteiger partial charge on any atom is -0.252 e. The molecule has 12 heavy (non-hydrogen) atoms. The summed E-state index contributed by atoms with van der Waals surface area (Å²) in [6.07, 6.45) is 10.1. The van der Waals surface area contributed by atoms with Crippen LogP contribution >= 0.6 is 0 Å². The minimum atomic E-state index is 0.636.